The van der Waals surface area contributed by atoms with Gasteiger partial charge in [0.1, 0.15) is 6.10 Å². The first-order chi connectivity index (χ1) is 6.61. The fraction of sp³-hybridized carbons (Fsp3) is 0.909. The lowest BCUT2D eigenvalue weighted by molar-refractivity contribution is -0.158. The molecule has 1 aliphatic heterocycles. The number of carbonyl (C=O) groups excluding carboxylic acids is 1. The quantitative estimate of drug-likeness (QED) is 0.654. The molecule has 0 spiro atoms. The fourth-order valence-corrected chi connectivity index (χ4v) is 1.35. The summed E-state index contributed by atoms with van der Waals surface area (Å²) in [6.45, 7) is 7.44. The zero-order valence-electron chi connectivity index (χ0n) is 9.29. The van der Waals surface area contributed by atoms with Gasteiger partial charge in [-0.2, -0.15) is 0 Å². The summed E-state index contributed by atoms with van der Waals surface area (Å²) < 4.78 is 10.6. The maximum absolute atomic E-state index is 11.6. The van der Waals surface area contributed by atoms with E-state index in [1.54, 1.807) is 0 Å². The molecule has 82 valence electrons. The summed E-state index contributed by atoms with van der Waals surface area (Å²) in [5.74, 6) is 0.401. The van der Waals surface area contributed by atoms with Gasteiger partial charge < -0.3 is 9.47 Å². The molecule has 3 heteroatoms. The minimum absolute atomic E-state index is 0.0188. The molecular formula is C11H20O3. The van der Waals surface area contributed by atoms with E-state index in [0.717, 1.165) is 12.8 Å². The van der Waals surface area contributed by atoms with Crippen molar-refractivity contribution in [2.24, 2.45) is 11.8 Å². The van der Waals surface area contributed by atoms with Crippen molar-refractivity contribution in [1.82, 2.24) is 0 Å². The Morgan fingerprint density at radius 3 is 2.36 bits per heavy atom. The first-order valence-electron chi connectivity index (χ1n) is 5.39. The smallest absolute Gasteiger partial charge is 0.309 e. The Hall–Kier alpha value is -0.570. The van der Waals surface area contributed by atoms with Crippen LogP contribution in [0.5, 0.6) is 0 Å². The molecule has 0 aromatic rings. The van der Waals surface area contributed by atoms with Crippen molar-refractivity contribution in [2.45, 2.75) is 39.7 Å². The van der Waals surface area contributed by atoms with Crippen molar-refractivity contribution < 1.29 is 14.3 Å². The number of ether oxygens (including phenoxy) is 2. The van der Waals surface area contributed by atoms with Crippen LogP contribution in [0.4, 0.5) is 0 Å². The van der Waals surface area contributed by atoms with Crippen molar-refractivity contribution in [2.75, 3.05) is 13.2 Å². The minimum atomic E-state index is -0.0468. The van der Waals surface area contributed by atoms with Gasteiger partial charge in [-0.15, -0.1) is 0 Å². The standard InChI is InChI=1S/C11H20O3/c1-8(2)9(3)14-11(12)10-4-6-13-7-5-10/h8-10H,4-7H2,1-3H3. The topological polar surface area (TPSA) is 35.5 Å². The van der Waals surface area contributed by atoms with E-state index < -0.39 is 0 Å². The van der Waals surface area contributed by atoms with Gasteiger partial charge in [0.2, 0.25) is 0 Å². The van der Waals surface area contributed by atoms with E-state index in [2.05, 4.69) is 13.8 Å². The van der Waals surface area contributed by atoms with Crippen LogP contribution in [0.1, 0.15) is 33.6 Å². The summed E-state index contributed by atoms with van der Waals surface area (Å²) >= 11 is 0. The van der Waals surface area contributed by atoms with Gasteiger partial charge >= 0.3 is 5.97 Å². The Balaban J connectivity index is 2.33. The van der Waals surface area contributed by atoms with Gasteiger partial charge in [0.05, 0.1) is 5.92 Å². The highest BCUT2D eigenvalue weighted by Gasteiger charge is 2.25. The summed E-state index contributed by atoms with van der Waals surface area (Å²) in [5.41, 5.74) is 0. The van der Waals surface area contributed by atoms with E-state index in [-0.39, 0.29) is 18.0 Å². The van der Waals surface area contributed by atoms with Crippen LogP contribution in [0.2, 0.25) is 0 Å². The molecule has 0 N–H and O–H groups in total. The maximum atomic E-state index is 11.6. The Morgan fingerprint density at radius 1 is 1.29 bits per heavy atom. The lowest BCUT2D eigenvalue weighted by Crippen LogP contribution is -2.29. The van der Waals surface area contributed by atoms with Gasteiger partial charge in [-0.3, -0.25) is 4.79 Å². The van der Waals surface area contributed by atoms with Crippen LogP contribution < -0.4 is 0 Å². The van der Waals surface area contributed by atoms with Crippen molar-refractivity contribution >= 4 is 5.97 Å². The molecule has 3 nitrogen and oxygen atoms in total. The maximum Gasteiger partial charge on any atom is 0.309 e. The number of esters is 1. The first kappa shape index (κ1) is 11.5. The molecule has 1 fully saturated rings. The Labute approximate surface area is 85.8 Å². The summed E-state index contributed by atoms with van der Waals surface area (Å²) in [7, 11) is 0. The SMILES string of the molecule is CC(C)C(C)OC(=O)C1CCOCC1. The predicted molar refractivity (Wildman–Crippen MR) is 53.9 cm³/mol. The highest BCUT2D eigenvalue weighted by atomic mass is 16.5. The second-order valence-electron chi connectivity index (χ2n) is 4.27. The number of hydrogen-bond acceptors (Lipinski definition) is 3. The highest BCUT2D eigenvalue weighted by Crippen LogP contribution is 2.18. The van der Waals surface area contributed by atoms with E-state index in [1.807, 2.05) is 6.92 Å². The lowest BCUT2D eigenvalue weighted by atomic mass is 10.0. The summed E-state index contributed by atoms with van der Waals surface area (Å²) in [4.78, 5) is 11.6. The van der Waals surface area contributed by atoms with Crippen LogP contribution in [0.15, 0.2) is 0 Å². The van der Waals surface area contributed by atoms with Gasteiger partial charge in [0.15, 0.2) is 0 Å². The van der Waals surface area contributed by atoms with Crippen molar-refractivity contribution in [3.05, 3.63) is 0 Å². The molecule has 14 heavy (non-hydrogen) atoms. The number of hydrogen-bond donors (Lipinski definition) is 0. The van der Waals surface area contributed by atoms with E-state index in [9.17, 15) is 4.79 Å². The van der Waals surface area contributed by atoms with E-state index in [1.165, 1.54) is 0 Å². The van der Waals surface area contributed by atoms with Gasteiger partial charge in [-0.25, -0.2) is 0 Å². The van der Waals surface area contributed by atoms with Crippen molar-refractivity contribution in [3.63, 3.8) is 0 Å². The van der Waals surface area contributed by atoms with Crippen molar-refractivity contribution in [1.29, 1.82) is 0 Å². The molecule has 0 saturated carbocycles. The van der Waals surface area contributed by atoms with Crippen LogP contribution in [0.25, 0.3) is 0 Å². The van der Waals surface area contributed by atoms with E-state index in [4.69, 9.17) is 9.47 Å². The Morgan fingerprint density at radius 2 is 1.86 bits per heavy atom. The van der Waals surface area contributed by atoms with Crippen LogP contribution >= 0.6 is 0 Å². The third-order valence-electron chi connectivity index (χ3n) is 2.80. The van der Waals surface area contributed by atoms with E-state index >= 15 is 0 Å². The molecule has 0 aliphatic carbocycles. The first-order valence-corrected chi connectivity index (χ1v) is 5.39. The second kappa shape index (κ2) is 5.35. The average molecular weight is 200 g/mol. The molecule has 1 heterocycles. The summed E-state index contributed by atoms with van der Waals surface area (Å²) in [5, 5.41) is 0. The van der Waals surface area contributed by atoms with Crippen LogP contribution in [0, 0.1) is 11.8 Å². The van der Waals surface area contributed by atoms with Crippen LogP contribution in [-0.2, 0) is 14.3 Å². The Kier molecular flexibility index (Phi) is 4.39. The van der Waals surface area contributed by atoms with Crippen LogP contribution in [0.3, 0.4) is 0 Å². The minimum Gasteiger partial charge on any atom is -0.462 e. The molecule has 0 radical (unpaired) electrons. The molecule has 1 unspecified atom stereocenters. The summed E-state index contributed by atoms with van der Waals surface area (Å²) in [6.07, 6.45) is 1.64. The molecule has 0 bridgehead atoms. The summed E-state index contributed by atoms with van der Waals surface area (Å²) in [6, 6.07) is 0. The third-order valence-corrected chi connectivity index (χ3v) is 2.80. The van der Waals surface area contributed by atoms with Gasteiger partial charge in [-0.05, 0) is 25.7 Å². The zero-order chi connectivity index (χ0) is 10.6. The fourth-order valence-electron chi connectivity index (χ4n) is 1.35. The molecule has 1 rings (SSSR count). The third kappa shape index (κ3) is 3.29. The van der Waals surface area contributed by atoms with E-state index in [0.29, 0.717) is 19.1 Å². The average Bonchev–Trinajstić information content (AvgIpc) is 2.19. The van der Waals surface area contributed by atoms with Gasteiger partial charge in [-0.1, -0.05) is 13.8 Å². The zero-order valence-corrected chi connectivity index (χ0v) is 9.29. The molecule has 1 atom stereocenters. The molecule has 0 amide bonds. The molecule has 0 aromatic carbocycles. The van der Waals surface area contributed by atoms with Gasteiger partial charge in [0, 0.05) is 13.2 Å². The molecular weight excluding hydrogens is 180 g/mol. The van der Waals surface area contributed by atoms with Crippen LogP contribution in [-0.4, -0.2) is 25.3 Å². The normalized spacial score (nSPS) is 20.9. The second-order valence-corrected chi connectivity index (χ2v) is 4.27. The predicted octanol–water partition coefficient (Wildman–Crippen LogP) is 2.00. The van der Waals surface area contributed by atoms with Crippen molar-refractivity contribution in [3.8, 4) is 0 Å². The molecule has 1 aliphatic rings. The number of rotatable bonds is 3. The highest BCUT2D eigenvalue weighted by molar-refractivity contribution is 5.72. The lowest BCUT2D eigenvalue weighted by Gasteiger charge is -2.24. The number of carbonyl (C=O) groups is 1. The van der Waals surface area contributed by atoms with Gasteiger partial charge in [0.25, 0.3) is 0 Å². The largest absolute Gasteiger partial charge is 0.462 e. The Bertz CT molecular complexity index is 183. The molecule has 1 saturated heterocycles. The molecule has 0 aromatic heterocycles. The monoisotopic (exact) mass is 200 g/mol.